The summed E-state index contributed by atoms with van der Waals surface area (Å²) in [7, 11) is 0. The maximum absolute atomic E-state index is 12.3. The van der Waals surface area contributed by atoms with Crippen molar-refractivity contribution in [3.63, 3.8) is 0 Å². The number of ether oxygens (including phenoxy) is 1. The zero-order chi connectivity index (χ0) is 15.6. The number of aromatic nitrogens is 1. The molecule has 2 aromatic rings. The minimum atomic E-state index is -0.532. The highest BCUT2D eigenvalue weighted by Crippen LogP contribution is 2.24. The Bertz CT molecular complexity index is 683. The molecule has 0 radical (unpaired) electrons. The van der Waals surface area contributed by atoms with E-state index in [2.05, 4.69) is 10.5 Å². The second kappa shape index (κ2) is 5.78. The molecule has 0 bridgehead atoms. The van der Waals surface area contributed by atoms with Crippen LogP contribution >= 0.6 is 0 Å². The number of carbonyl (C=O) groups is 2. The average molecular weight is 288 g/mol. The number of hydrogen-bond acceptors (Lipinski definition) is 5. The molecule has 0 aliphatic carbocycles. The molecule has 6 heteroatoms. The van der Waals surface area contributed by atoms with Crippen molar-refractivity contribution in [1.82, 2.24) is 5.16 Å². The smallest absolute Gasteiger partial charge is 0.322 e. The molecule has 0 aliphatic rings. The van der Waals surface area contributed by atoms with Crippen molar-refractivity contribution >= 4 is 17.6 Å². The molecule has 1 amide bonds. The summed E-state index contributed by atoms with van der Waals surface area (Å²) in [6.45, 7) is 6.66. The lowest BCUT2D eigenvalue weighted by atomic mass is 10.1. The summed E-state index contributed by atoms with van der Waals surface area (Å²) < 4.78 is 9.70. The van der Waals surface area contributed by atoms with Gasteiger partial charge in [-0.1, -0.05) is 23.4 Å². The van der Waals surface area contributed by atoms with Gasteiger partial charge in [0.1, 0.15) is 0 Å². The second-order valence-corrected chi connectivity index (χ2v) is 4.76. The van der Waals surface area contributed by atoms with Crippen molar-refractivity contribution in [1.29, 1.82) is 0 Å². The zero-order valence-electron chi connectivity index (χ0n) is 12.3. The SMILES string of the molecule is CC(=O)Oc1onc(C(=O)Nc2c(C)cccc2C)c1C. The van der Waals surface area contributed by atoms with Gasteiger partial charge in [0, 0.05) is 12.6 Å². The number of nitrogens with one attached hydrogen (secondary N) is 1. The predicted molar refractivity (Wildman–Crippen MR) is 76.4 cm³/mol. The van der Waals surface area contributed by atoms with E-state index in [1.165, 1.54) is 6.92 Å². The number of anilines is 1. The lowest BCUT2D eigenvalue weighted by Gasteiger charge is -2.10. The first-order chi connectivity index (χ1) is 9.90. The highest BCUT2D eigenvalue weighted by Gasteiger charge is 2.21. The topological polar surface area (TPSA) is 81.4 Å². The van der Waals surface area contributed by atoms with Crippen LogP contribution in [0, 0.1) is 20.8 Å². The van der Waals surface area contributed by atoms with E-state index in [1.54, 1.807) is 6.92 Å². The first kappa shape index (κ1) is 14.8. The quantitative estimate of drug-likeness (QED) is 0.878. The van der Waals surface area contributed by atoms with E-state index in [1.807, 2.05) is 32.0 Å². The third-order valence-electron chi connectivity index (χ3n) is 3.05. The van der Waals surface area contributed by atoms with Crippen molar-refractivity contribution in [2.24, 2.45) is 0 Å². The van der Waals surface area contributed by atoms with E-state index in [0.29, 0.717) is 5.56 Å². The number of amides is 1. The Morgan fingerprint density at radius 3 is 2.38 bits per heavy atom. The third kappa shape index (κ3) is 3.10. The van der Waals surface area contributed by atoms with Gasteiger partial charge in [0.15, 0.2) is 5.69 Å². The van der Waals surface area contributed by atoms with Crippen LogP contribution in [0.3, 0.4) is 0 Å². The largest absolute Gasteiger partial charge is 0.391 e. The Morgan fingerprint density at radius 2 is 1.81 bits per heavy atom. The number of nitrogens with zero attached hydrogens (tertiary/aromatic N) is 1. The van der Waals surface area contributed by atoms with Gasteiger partial charge in [-0.05, 0) is 31.9 Å². The van der Waals surface area contributed by atoms with E-state index >= 15 is 0 Å². The van der Waals surface area contributed by atoms with E-state index in [0.717, 1.165) is 16.8 Å². The molecule has 0 saturated carbocycles. The third-order valence-corrected chi connectivity index (χ3v) is 3.05. The summed E-state index contributed by atoms with van der Waals surface area (Å²) in [6, 6.07) is 5.73. The molecule has 0 spiro atoms. The van der Waals surface area contributed by atoms with Gasteiger partial charge in [0.05, 0.1) is 5.56 Å². The number of aryl methyl sites for hydroxylation is 2. The van der Waals surface area contributed by atoms with Crippen LogP contribution in [0.4, 0.5) is 5.69 Å². The summed E-state index contributed by atoms with van der Waals surface area (Å²) in [5, 5.41) is 6.46. The maximum atomic E-state index is 12.3. The lowest BCUT2D eigenvalue weighted by molar-refractivity contribution is -0.133. The summed E-state index contributed by atoms with van der Waals surface area (Å²) >= 11 is 0. The molecular formula is C15H16N2O4. The Balaban J connectivity index is 2.25. The number of benzene rings is 1. The minimum absolute atomic E-state index is 0.0610. The molecule has 0 unspecified atom stereocenters. The van der Waals surface area contributed by atoms with Gasteiger partial charge in [0.25, 0.3) is 5.91 Å². The summed E-state index contributed by atoms with van der Waals surface area (Å²) in [4.78, 5) is 23.2. The van der Waals surface area contributed by atoms with Gasteiger partial charge >= 0.3 is 11.9 Å². The molecule has 0 atom stereocenters. The summed E-state index contributed by atoms with van der Waals surface area (Å²) in [6.07, 6.45) is 0. The Hall–Kier alpha value is -2.63. The lowest BCUT2D eigenvalue weighted by Crippen LogP contribution is -2.15. The average Bonchev–Trinajstić information content (AvgIpc) is 2.75. The van der Waals surface area contributed by atoms with Crippen molar-refractivity contribution in [3.8, 4) is 5.95 Å². The number of rotatable bonds is 3. The van der Waals surface area contributed by atoms with E-state index < -0.39 is 11.9 Å². The molecule has 0 saturated heterocycles. The molecule has 21 heavy (non-hydrogen) atoms. The molecule has 0 fully saturated rings. The first-order valence-corrected chi connectivity index (χ1v) is 6.42. The first-order valence-electron chi connectivity index (χ1n) is 6.42. The van der Waals surface area contributed by atoms with Crippen molar-refractivity contribution < 1.29 is 18.8 Å². The number of para-hydroxylation sites is 1. The van der Waals surface area contributed by atoms with Crippen LogP contribution in [0.15, 0.2) is 22.7 Å². The van der Waals surface area contributed by atoms with Crippen LogP contribution in [0.5, 0.6) is 5.95 Å². The Kier molecular flexibility index (Phi) is 4.07. The Labute approximate surface area is 122 Å². The molecule has 0 aliphatic heterocycles. The highest BCUT2D eigenvalue weighted by atomic mass is 16.6. The predicted octanol–water partition coefficient (Wildman–Crippen LogP) is 2.78. The van der Waals surface area contributed by atoms with Gasteiger partial charge < -0.3 is 14.6 Å². The number of carbonyl (C=O) groups excluding carboxylic acids is 2. The zero-order valence-corrected chi connectivity index (χ0v) is 12.3. The van der Waals surface area contributed by atoms with Crippen LogP contribution in [0.25, 0.3) is 0 Å². The fourth-order valence-corrected chi connectivity index (χ4v) is 1.94. The van der Waals surface area contributed by atoms with E-state index in [4.69, 9.17) is 9.26 Å². The minimum Gasteiger partial charge on any atom is -0.391 e. The molecule has 110 valence electrons. The second-order valence-electron chi connectivity index (χ2n) is 4.76. The van der Waals surface area contributed by atoms with E-state index in [-0.39, 0.29) is 11.6 Å². The molecule has 1 heterocycles. The molecule has 2 rings (SSSR count). The fraction of sp³-hybridized carbons (Fsp3) is 0.267. The van der Waals surface area contributed by atoms with Crippen LogP contribution in [0.2, 0.25) is 0 Å². The monoisotopic (exact) mass is 288 g/mol. The van der Waals surface area contributed by atoms with Crippen LogP contribution < -0.4 is 10.1 Å². The van der Waals surface area contributed by atoms with Crippen molar-refractivity contribution in [3.05, 3.63) is 40.6 Å². The normalized spacial score (nSPS) is 10.3. The Morgan fingerprint density at radius 1 is 1.19 bits per heavy atom. The highest BCUT2D eigenvalue weighted by molar-refractivity contribution is 6.04. The van der Waals surface area contributed by atoms with Gasteiger partial charge in [-0.15, -0.1) is 0 Å². The van der Waals surface area contributed by atoms with Crippen molar-refractivity contribution in [2.45, 2.75) is 27.7 Å². The number of hydrogen-bond donors (Lipinski definition) is 1. The molecular weight excluding hydrogens is 272 g/mol. The van der Waals surface area contributed by atoms with Crippen LogP contribution in [0.1, 0.15) is 34.1 Å². The molecule has 1 aromatic carbocycles. The van der Waals surface area contributed by atoms with E-state index in [9.17, 15) is 9.59 Å². The van der Waals surface area contributed by atoms with Gasteiger partial charge in [-0.3, -0.25) is 9.59 Å². The van der Waals surface area contributed by atoms with Gasteiger partial charge in [0.2, 0.25) is 0 Å². The summed E-state index contributed by atoms with van der Waals surface area (Å²) in [5.41, 5.74) is 3.11. The molecule has 1 aromatic heterocycles. The van der Waals surface area contributed by atoms with Crippen molar-refractivity contribution in [2.75, 3.05) is 5.32 Å². The van der Waals surface area contributed by atoms with Crippen LogP contribution in [-0.4, -0.2) is 17.0 Å². The maximum Gasteiger partial charge on any atom is 0.322 e. The molecule has 1 N–H and O–H groups in total. The molecule has 6 nitrogen and oxygen atoms in total. The fourth-order valence-electron chi connectivity index (χ4n) is 1.94. The number of esters is 1. The summed E-state index contributed by atoms with van der Waals surface area (Å²) in [5.74, 6) is -1.00. The standard InChI is InChI=1S/C15H16N2O4/c1-8-6-5-7-9(2)12(8)16-14(19)13-10(3)15(21-17-13)20-11(4)18/h5-7H,1-4H3,(H,16,19). The van der Waals surface area contributed by atoms with Crippen LogP contribution in [-0.2, 0) is 4.79 Å². The van der Waals surface area contributed by atoms with Gasteiger partial charge in [-0.2, -0.15) is 0 Å². The van der Waals surface area contributed by atoms with Gasteiger partial charge in [-0.25, -0.2) is 0 Å².